The predicted molar refractivity (Wildman–Crippen MR) is 65.5 cm³/mol. The molecule has 2 rings (SSSR count). The Hall–Kier alpha value is -2.11. The van der Waals surface area contributed by atoms with Crippen LogP contribution in [0, 0.1) is 10.1 Å². The molecule has 0 radical (unpaired) electrons. The summed E-state index contributed by atoms with van der Waals surface area (Å²) in [7, 11) is 1.35. The Morgan fingerprint density at radius 1 is 1.56 bits per heavy atom. The fraction of sp³-hybridized carbons (Fsp3) is 0.417. The van der Waals surface area contributed by atoms with Crippen LogP contribution in [0.1, 0.15) is 12.8 Å². The van der Waals surface area contributed by atoms with Gasteiger partial charge in [0, 0.05) is 24.4 Å². The molecule has 1 aromatic carbocycles. The van der Waals surface area contributed by atoms with E-state index in [-0.39, 0.29) is 17.7 Å². The summed E-state index contributed by atoms with van der Waals surface area (Å²) in [5.41, 5.74) is 0.722. The molecule has 1 fully saturated rings. The van der Waals surface area contributed by atoms with E-state index in [4.69, 9.17) is 4.74 Å². The minimum atomic E-state index is -0.438. The van der Waals surface area contributed by atoms with Gasteiger partial charge in [0.25, 0.3) is 5.69 Å². The van der Waals surface area contributed by atoms with E-state index in [0.29, 0.717) is 12.2 Å². The largest absolute Gasteiger partial charge is 0.467 e. The lowest BCUT2D eigenvalue weighted by atomic mass is 10.2. The summed E-state index contributed by atoms with van der Waals surface area (Å²) in [6, 6.07) is 5.99. The van der Waals surface area contributed by atoms with Gasteiger partial charge in [-0.05, 0) is 18.9 Å². The molecule has 96 valence electrons. The molecule has 0 bridgehead atoms. The summed E-state index contributed by atoms with van der Waals surface area (Å²) >= 11 is 0. The van der Waals surface area contributed by atoms with Gasteiger partial charge in [-0.3, -0.25) is 10.1 Å². The predicted octanol–water partition coefficient (Wildman–Crippen LogP) is 1.74. The van der Waals surface area contributed by atoms with Crippen molar-refractivity contribution in [3.05, 3.63) is 34.4 Å². The topological polar surface area (TPSA) is 72.7 Å². The minimum absolute atomic E-state index is 0.0306. The van der Waals surface area contributed by atoms with Crippen LogP contribution in [-0.2, 0) is 9.53 Å². The summed E-state index contributed by atoms with van der Waals surface area (Å²) in [6.07, 6.45) is 1.60. The number of hydrogen-bond acceptors (Lipinski definition) is 5. The van der Waals surface area contributed by atoms with E-state index < -0.39 is 4.92 Å². The van der Waals surface area contributed by atoms with Crippen molar-refractivity contribution in [1.29, 1.82) is 0 Å². The molecule has 0 spiro atoms. The highest BCUT2D eigenvalue weighted by molar-refractivity contribution is 5.81. The highest BCUT2D eigenvalue weighted by Crippen LogP contribution is 2.28. The summed E-state index contributed by atoms with van der Waals surface area (Å²) in [5, 5.41) is 10.7. The van der Waals surface area contributed by atoms with Crippen LogP contribution < -0.4 is 4.90 Å². The first kappa shape index (κ1) is 12.3. The maximum absolute atomic E-state index is 11.6. The van der Waals surface area contributed by atoms with Gasteiger partial charge in [0.1, 0.15) is 6.04 Å². The molecule has 1 aliphatic heterocycles. The lowest BCUT2D eigenvalue weighted by Crippen LogP contribution is -2.36. The Morgan fingerprint density at radius 3 is 3.00 bits per heavy atom. The number of esters is 1. The molecule has 1 heterocycles. The van der Waals surface area contributed by atoms with Gasteiger partial charge < -0.3 is 9.64 Å². The maximum atomic E-state index is 11.6. The van der Waals surface area contributed by atoms with Crippen molar-refractivity contribution in [1.82, 2.24) is 0 Å². The smallest absolute Gasteiger partial charge is 0.328 e. The van der Waals surface area contributed by atoms with Crippen LogP contribution in [0.2, 0.25) is 0 Å². The quantitative estimate of drug-likeness (QED) is 0.464. The van der Waals surface area contributed by atoms with Gasteiger partial charge in [0.2, 0.25) is 0 Å². The summed E-state index contributed by atoms with van der Waals surface area (Å²) in [5.74, 6) is -0.293. The normalized spacial score (nSPS) is 18.7. The molecule has 0 aromatic heterocycles. The monoisotopic (exact) mass is 250 g/mol. The number of rotatable bonds is 3. The molecular formula is C12H14N2O4. The third-order valence-electron chi connectivity index (χ3n) is 3.10. The third-order valence-corrected chi connectivity index (χ3v) is 3.10. The average Bonchev–Trinajstić information content (AvgIpc) is 2.87. The number of nitro benzene ring substituents is 1. The van der Waals surface area contributed by atoms with Crippen LogP contribution in [-0.4, -0.2) is 30.6 Å². The van der Waals surface area contributed by atoms with Crippen molar-refractivity contribution in [2.45, 2.75) is 18.9 Å². The molecule has 0 saturated carbocycles. The molecule has 0 N–H and O–H groups in total. The van der Waals surface area contributed by atoms with E-state index in [1.807, 2.05) is 4.90 Å². The molecule has 1 unspecified atom stereocenters. The number of non-ortho nitro benzene ring substituents is 1. The lowest BCUT2D eigenvalue weighted by molar-refractivity contribution is -0.384. The highest BCUT2D eigenvalue weighted by atomic mass is 16.6. The van der Waals surface area contributed by atoms with Crippen LogP contribution in [0.25, 0.3) is 0 Å². The molecule has 0 aliphatic carbocycles. The Morgan fingerprint density at radius 2 is 2.33 bits per heavy atom. The maximum Gasteiger partial charge on any atom is 0.328 e. The molecule has 18 heavy (non-hydrogen) atoms. The lowest BCUT2D eigenvalue weighted by Gasteiger charge is -2.24. The molecule has 1 atom stereocenters. The third kappa shape index (κ3) is 2.27. The molecule has 1 saturated heterocycles. The minimum Gasteiger partial charge on any atom is -0.467 e. The van der Waals surface area contributed by atoms with E-state index in [0.717, 1.165) is 12.8 Å². The second kappa shape index (κ2) is 5.03. The summed E-state index contributed by atoms with van der Waals surface area (Å²) < 4.78 is 4.75. The van der Waals surface area contributed by atoms with E-state index in [2.05, 4.69) is 0 Å². The molecular weight excluding hydrogens is 236 g/mol. The van der Waals surface area contributed by atoms with Gasteiger partial charge in [-0.25, -0.2) is 4.79 Å². The number of nitro groups is 1. The number of hydrogen-bond donors (Lipinski definition) is 0. The van der Waals surface area contributed by atoms with Crippen LogP contribution >= 0.6 is 0 Å². The van der Waals surface area contributed by atoms with Crippen molar-refractivity contribution >= 4 is 17.3 Å². The van der Waals surface area contributed by atoms with Crippen molar-refractivity contribution in [2.24, 2.45) is 0 Å². The number of carbonyl (C=O) groups is 1. The van der Waals surface area contributed by atoms with Crippen LogP contribution in [0.3, 0.4) is 0 Å². The Kier molecular flexibility index (Phi) is 3.45. The molecule has 1 aromatic rings. The Balaban J connectivity index is 2.27. The van der Waals surface area contributed by atoms with Gasteiger partial charge >= 0.3 is 5.97 Å². The molecule has 0 amide bonds. The van der Waals surface area contributed by atoms with Crippen molar-refractivity contribution < 1.29 is 14.5 Å². The number of benzene rings is 1. The van der Waals surface area contributed by atoms with Gasteiger partial charge in [-0.15, -0.1) is 0 Å². The van der Waals surface area contributed by atoms with E-state index in [1.165, 1.54) is 19.2 Å². The number of ether oxygens (including phenoxy) is 1. The Labute approximate surface area is 104 Å². The van der Waals surface area contributed by atoms with E-state index in [9.17, 15) is 14.9 Å². The highest BCUT2D eigenvalue weighted by Gasteiger charge is 2.32. The standard InChI is InChI=1S/C12H14N2O4/c1-18-12(15)11-6-3-7-13(11)9-4-2-5-10(8-9)14(16)17/h2,4-5,8,11H,3,6-7H2,1H3. The zero-order chi connectivity index (χ0) is 13.1. The molecule has 1 aliphatic rings. The van der Waals surface area contributed by atoms with E-state index in [1.54, 1.807) is 12.1 Å². The van der Waals surface area contributed by atoms with Gasteiger partial charge in [-0.1, -0.05) is 6.07 Å². The van der Waals surface area contributed by atoms with Crippen molar-refractivity contribution in [3.63, 3.8) is 0 Å². The molecule has 6 heteroatoms. The zero-order valence-electron chi connectivity index (χ0n) is 10.0. The summed E-state index contributed by atoms with van der Waals surface area (Å²) in [4.78, 5) is 23.8. The summed E-state index contributed by atoms with van der Waals surface area (Å²) in [6.45, 7) is 0.709. The fourth-order valence-corrected chi connectivity index (χ4v) is 2.24. The van der Waals surface area contributed by atoms with Crippen LogP contribution in [0.5, 0.6) is 0 Å². The first-order valence-electron chi connectivity index (χ1n) is 5.72. The average molecular weight is 250 g/mol. The SMILES string of the molecule is COC(=O)C1CCCN1c1cccc([N+](=O)[O-])c1. The number of nitrogens with zero attached hydrogens (tertiary/aromatic N) is 2. The zero-order valence-corrected chi connectivity index (χ0v) is 10.0. The van der Waals surface area contributed by atoms with Crippen LogP contribution in [0.4, 0.5) is 11.4 Å². The van der Waals surface area contributed by atoms with E-state index >= 15 is 0 Å². The van der Waals surface area contributed by atoms with Crippen molar-refractivity contribution in [3.8, 4) is 0 Å². The number of methoxy groups -OCH3 is 1. The second-order valence-corrected chi connectivity index (χ2v) is 4.15. The Bertz CT molecular complexity index is 475. The van der Waals surface area contributed by atoms with Crippen molar-refractivity contribution in [2.75, 3.05) is 18.6 Å². The second-order valence-electron chi connectivity index (χ2n) is 4.15. The first-order valence-corrected chi connectivity index (χ1v) is 5.72. The molecule has 6 nitrogen and oxygen atoms in total. The fourth-order valence-electron chi connectivity index (χ4n) is 2.24. The first-order chi connectivity index (χ1) is 8.63. The number of anilines is 1. The van der Waals surface area contributed by atoms with Gasteiger partial charge in [0.05, 0.1) is 12.0 Å². The van der Waals surface area contributed by atoms with Gasteiger partial charge in [0.15, 0.2) is 0 Å². The number of carbonyl (C=O) groups excluding carboxylic acids is 1. The van der Waals surface area contributed by atoms with Crippen LogP contribution in [0.15, 0.2) is 24.3 Å². The van der Waals surface area contributed by atoms with Gasteiger partial charge in [-0.2, -0.15) is 0 Å².